The first-order valence-electron chi connectivity index (χ1n) is 10.2. The minimum atomic E-state index is 0. The number of para-hydroxylation sites is 1. The summed E-state index contributed by atoms with van der Waals surface area (Å²) >= 11 is 0. The number of aromatic nitrogens is 1. The van der Waals surface area contributed by atoms with Gasteiger partial charge in [0.05, 0.1) is 5.52 Å². The summed E-state index contributed by atoms with van der Waals surface area (Å²) in [4.78, 5) is 4.76. The molecule has 1 nitrogen and oxygen atoms in total. The Labute approximate surface area is 161 Å². The van der Waals surface area contributed by atoms with Crippen molar-refractivity contribution >= 4 is 23.3 Å². The number of halogens is 1. The van der Waals surface area contributed by atoms with Crippen molar-refractivity contribution in [3.8, 4) is 0 Å². The van der Waals surface area contributed by atoms with Crippen molar-refractivity contribution in [3.63, 3.8) is 0 Å². The van der Waals surface area contributed by atoms with E-state index in [0.29, 0.717) is 0 Å². The summed E-state index contributed by atoms with van der Waals surface area (Å²) < 4.78 is 0. The smallest absolute Gasteiger partial charge is 0.0705 e. The quantitative estimate of drug-likeness (QED) is 0.330. The van der Waals surface area contributed by atoms with Crippen LogP contribution in [0.15, 0.2) is 36.4 Å². The Morgan fingerprint density at radius 3 is 1.84 bits per heavy atom. The van der Waals surface area contributed by atoms with Gasteiger partial charge in [-0.15, -0.1) is 12.4 Å². The fourth-order valence-electron chi connectivity index (χ4n) is 3.39. The van der Waals surface area contributed by atoms with Crippen molar-refractivity contribution < 1.29 is 0 Å². The topological polar surface area (TPSA) is 12.9 Å². The highest BCUT2D eigenvalue weighted by Gasteiger charge is 1.99. The van der Waals surface area contributed by atoms with E-state index in [-0.39, 0.29) is 12.4 Å². The van der Waals surface area contributed by atoms with E-state index in [1.807, 2.05) is 0 Å². The molecule has 140 valence electrons. The van der Waals surface area contributed by atoms with Gasteiger partial charge in [-0.3, -0.25) is 4.98 Å². The molecule has 0 fully saturated rings. The van der Waals surface area contributed by atoms with Gasteiger partial charge in [0.1, 0.15) is 0 Å². The summed E-state index contributed by atoms with van der Waals surface area (Å²) in [6.07, 6.45) is 18.0. The molecule has 0 saturated carbocycles. The molecular weight excluding hydrogens is 326 g/mol. The molecule has 2 heteroatoms. The Kier molecular flexibility index (Phi) is 12.4. The highest BCUT2D eigenvalue weighted by Crippen LogP contribution is 2.15. The van der Waals surface area contributed by atoms with Crippen LogP contribution in [-0.2, 0) is 6.42 Å². The molecule has 0 radical (unpaired) electrons. The molecular formula is C23H36ClN. The second kappa shape index (κ2) is 14.1. The molecule has 0 amide bonds. The summed E-state index contributed by atoms with van der Waals surface area (Å²) in [5.41, 5.74) is 2.38. The van der Waals surface area contributed by atoms with E-state index in [0.717, 1.165) is 11.9 Å². The highest BCUT2D eigenvalue weighted by molar-refractivity contribution is 5.85. The largest absolute Gasteiger partial charge is 0.253 e. The Balaban J connectivity index is 0.00000312. The lowest BCUT2D eigenvalue weighted by Crippen LogP contribution is -1.91. The number of fused-ring (bicyclic) bond motifs is 1. The number of rotatable bonds is 13. The van der Waals surface area contributed by atoms with Crippen molar-refractivity contribution in [3.05, 3.63) is 42.1 Å². The molecule has 2 aromatic rings. The first kappa shape index (κ1) is 22.0. The van der Waals surface area contributed by atoms with Gasteiger partial charge in [0.25, 0.3) is 0 Å². The molecule has 0 unspecified atom stereocenters. The van der Waals surface area contributed by atoms with Crippen LogP contribution in [-0.4, -0.2) is 4.98 Å². The predicted molar refractivity (Wildman–Crippen MR) is 114 cm³/mol. The fraction of sp³-hybridized carbons (Fsp3) is 0.609. The van der Waals surface area contributed by atoms with Crippen LogP contribution in [0.1, 0.15) is 89.7 Å². The Morgan fingerprint density at radius 1 is 0.640 bits per heavy atom. The minimum absolute atomic E-state index is 0. The van der Waals surface area contributed by atoms with Gasteiger partial charge < -0.3 is 0 Å². The second-order valence-corrected chi connectivity index (χ2v) is 7.13. The van der Waals surface area contributed by atoms with Gasteiger partial charge in [0.2, 0.25) is 0 Å². The maximum Gasteiger partial charge on any atom is 0.0705 e. The maximum absolute atomic E-state index is 4.76. The van der Waals surface area contributed by atoms with Crippen molar-refractivity contribution in [2.24, 2.45) is 0 Å². The van der Waals surface area contributed by atoms with Crippen LogP contribution in [0.3, 0.4) is 0 Å². The van der Waals surface area contributed by atoms with Gasteiger partial charge in [-0.05, 0) is 25.0 Å². The number of hydrogen-bond acceptors (Lipinski definition) is 1. The third kappa shape index (κ3) is 9.26. The first-order chi connectivity index (χ1) is 11.9. The van der Waals surface area contributed by atoms with Crippen LogP contribution in [0.2, 0.25) is 0 Å². The van der Waals surface area contributed by atoms with E-state index in [1.165, 1.54) is 88.1 Å². The highest BCUT2D eigenvalue weighted by atomic mass is 35.5. The SMILES string of the molecule is CCCCCCCCCCCCCCc1ccc2ccccc2n1.Cl. The van der Waals surface area contributed by atoms with Crippen LogP contribution < -0.4 is 0 Å². The van der Waals surface area contributed by atoms with Gasteiger partial charge in [-0.1, -0.05) is 102 Å². The van der Waals surface area contributed by atoms with Crippen LogP contribution >= 0.6 is 12.4 Å². The lowest BCUT2D eigenvalue weighted by molar-refractivity contribution is 0.543. The summed E-state index contributed by atoms with van der Waals surface area (Å²) in [6, 6.07) is 12.8. The molecule has 1 heterocycles. The number of benzene rings is 1. The zero-order valence-corrected chi connectivity index (χ0v) is 16.8. The lowest BCUT2D eigenvalue weighted by atomic mass is 10.0. The monoisotopic (exact) mass is 361 g/mol. The third-order valence-corrected chi connectivity index (χ3v) is 4.94. The predicted octanol–water partition coefficient (Wildman–Crippen LogP) is 7.90. The van der Waals surface area contributed by atoms with E-state index in [9.17, 15) is 0 Å². The van der Waals surface area contributed by atoms with E-state index < -0.39 is 0 Å². The molecule has 0 atom stereocenters. The van der Waals surface area contributed by atoms with Crippen molar-refractivity contribution in [1.82, 2.24) is 4.98 Å². The van der Waals surface area contributed by atoms with Crippen molar-refractivity contribution in [2.75, 3.05) is 0 Å². The van der Waals surface area contributed by atoms with Crippen molar-refractivity contribution in [2.45, 2.75) is 90.4 Å². The van der Waals surface area contributed by atoms with E-state index in [4.69, 9.17) is 4.98 Å². The molecule has 0 bridgehead atoms. The molecule has 0 N–H and O–H groups in total. The zero-order valence-electron chi connectivity index (χ0n) is 16.0. The van der Waals surface area contributed by atoms with Crippen LogP contribution in [0.5, 0.6) is 0 Å². The van der Waals surface area contributed by atoms with Gasteiger partial charge in [-0.25, -0.2) is 0 Å². The Bertz CT molecular complexity index is 567. The van der Waals surface area contributed by atoms with Crippen molar-refractivity contribution in [1.29, 1.82) is 0 Å². The maximum atomic E-state index is 4.76. The average molecular weight is 362 g/mol. The fourth-order valence-corrected chi connectivity index (χ4v) is 3.39. The summed E-state index contributed by atoms with van der Waals surface area (Å²) in [7, 11) is 0. The molecule has 1 aromatic carbocycles. The molecule has 0 saturated heterocycles. The molecule has 0 aliphatic rings. The van der Waals surface area contributed by atoms with E-state index in [1.54, 1.807) is 0 Å². The minimum Gasteiger partial charge on any atom is -0.253 e. The first-order valence-corrected chi connectivity index (χ1v) is 10.2. The number of nitrogens with zero attached hydrogens (tertiary/aromatic N) is 1. The summed E-state index contributed by atoms with van der Waals surface area (Å²) in [5, 5.41) is 1.25. The number of pyridine rings is 1. The van der Waals surface area contributed by atoms with Gasteiger partial charge in [-0.2, -0.15) is 0 Å². The Morgan fingerprint density at radius 2 is 1.20 bits per heavy atom. The number of unbranched alkanes of at least 4 members (excludes halogenated alkanes) is 11. The van der Waals surface area contributed by atoms with E-state index >= 15 is 0 Å². The zero-order chi connectivity index (χ0) is 16.9. The molecule has 0 aliphatic heterocycles. The number of aryl methyl sites for hydroxylation is 1. The molecule has 1 aromatic heterocycles. The van der Waals surface area contributed by atoms with E-state index in [2.05, 4.69) is 43.3 Å². The lowest BCUT2D eigenvalue weighted by Gasteiger charge is -2.04. The molecule has 0 aliphatic carbocycles. The third-order valence-electron chi connectivity index (χ3n) is 4.94. The Hall–Kier alpha value is -1.08. The van der Waals surface area contributed by atoms with Gasteiger partial charge >= 0.3 is 0 Å². The second-order valence-electron chi connectivity index (χ2n) is 7.13. The molecule has 0 spiro atoms. The average Bonchev–Trinajstić information content (AvgIpc) is 2.62. The molecule has 25 heavy (non-hydrogen) atoms. The van der Waals surface area contributed by atoms with Gasteiger partial charge in [0, 0.05) is 11.1 Å². The standard InChI is InChI=1S/C23H35N.ClH/c1-2-3-4-5-6-7-8-9-10-11-12-13-17-22-20-19-21-16-14-15-18-23(21)24-22;/h14-16,18-20H,2-13,17H2,1H3;1H. The van der Waals surface area contributed by atoms with Crippen LogP contribution in [0.25, 0.3) is 10.9 Å². The summed E-state index contributed by atoms with van der Waals surface area (Å²) in [6.45, 7) is 2.29. The summed E-state index contributed by atoms with van der Waals surface area (Å²) in [5.74, 6) is 0. The normalized spacial score (nSPS) is 10.8. The molecule has 2 rings (SSSR count). The van der Waals surface area contributed by atoms with Crippen LogP contribution in [0, 0.1) is 0 Å². The van der Waals surface area contributed by atoms with Crippen LogP contribution in [0.4, 0.5) is 0 Å². The number of hydrogen-bond donors (Lipinski definition) is 0. The van der Waals surface area contributed by atoms with Gasteiger partial charge in [0.15, 0.2) is 0 Å².